The van der Waals surface area contributed by atoms with Gasteiger partial charge in [0.05, 0.1) is 0 Å². The largest absolute Gasteiger partial charge is 0.481 e. The summed E-state index contributed by atoms with van der Waals surface area (Å²) in [7, 11) is 0. The van der Waals surface area contributed by atoms with Crippen molar-refractivity contribution < 1.29 is 9.53 Å². The third-order valence-electron chi connectivity index (χ3n) is 3.99. The number of halogens is 1. The molecule has 24 heavy (non-hydrogen) atoms. The van der Waals surface area contributed by atoms with Gasteiger partial charge in [0.15, 0.2) is 6.10 Å². The molecule has 0 saturated heterocycles. The molecule has 0 fully saturated rings. The standard InChI is InChI=1S/C20H24INO2/c1-12(2)18-8-7-17(11-13(18)3)24-15(5)20(23)22-19-9-6-16(21)10-14(19)4/h6-12,15H,1-5H3,(H,22,23). The SMILES string of the molecule is Cc1cc(I)ccc1NC(=O)C(C)Oc1ccc(C(C)C)c(C)c1. The highest BCUT2D eigenvalue weighted by molar-refractivity contribution is 14.1. The molecule has 0 saturated carbocycles. The van der Waals surface area contributed by atoms with Crippen LogP contribution >= 0.6 is 22.6 Å². The van der Waals surface area contributed by atoms with Crippen molar-refractivity contribution in [2.45, 2.75) is 46.6 Å². The topological polar surface area (TPSA) is 38.3 Å². The first-order chi connectivity index (χ1) is 11.3. The number of rotatable bonds is 5. The fraction of sp³-hybridized carbons (Fsp3) is 0.350. The van der Waals surface area contributed by atoms with E-state index in [1.807, 2.05) is 37.3 Å². The van der Waals surface area contributed by atoms with E-state index in [1.165, 1.54) is 11.1 Å². The lowest BCUT2D eigenvalue weighted by Crippen LogP contribution is -2.30. The van der Waals surface area contributed by atoms with Gasteiger partial charge in [0.1, 0.15) is 5.75 Å². The summed E-state index contributed by atoms with van der Waals surface area (Å²) >= 11 is 2.26. The number of ether oxygens (including phenoxy) is 1. The minimum absolute atomic E-state index is 0.148. The average molecular weight is 437 g/mol. The van der Waals surface area contributed by atoms with Crippen LogP contribution in [0.1, 0.15) is 43.4 Å². The molecule has 0 aliphatic heterocycles. The second kappa shape index (κ2) is 8.01. The Hall–Kier alpha value is -1.56. The molecule has 0 aromatic heterocycles. The summed E-state index contributed by atoms with van der Waals surface area (Å²) in [5.74, 6) is 1.05. The van der Waals surface area contributed by atoms with Crippen molar-refractivity contribution in [2.24, 2.45) is 0 Å². The zero-order chi connectivity index (χ0) is 17.9. The van der Waals surface area contributed by atoms with E-state index in [0.717, 1.165) is 20.6 Å². The number of amides is 1. The number of hydrogen-bond donors (Lipinski definition) is 1. The number of anilines is 1. The number of nitrogens with one attached hydrogen (secondary N) is 1. The Kier molecular flexibility index (Phi) is 6.27. The molecule has 2 aromatic carbocycles. The second-order valence-corrected chi connectivity index (χ2v) is 7.63. The zero-order valence-corrected chi connectivity index (χ0v) is 17.0. The summed E-state index contributed by atoms with van der Waals surface area (Å²) in [6.07, 6.45) is -0.562. The van der Waals surface area contributed by atoms with Gasteiger partial charge in [-0.15, -0.1) is 0 Å². The summed E-state index contributed by atoms with van der Waals surface area (Å²) in [6, 6.07) is 11.9. The van der Waals surface area contributed by atoms with Gasteiger partial charge in [0.25, 0.3) is 5.91 Å². The van der Waals surface area contributed by atoms with E-state index < -0.39 is 6.10 Å². The molecule has 4 heteroatoms. The Bertz CT molecular complexity index is 740. The van der Waals surface area contributed by atoms with Crippen molar-refractivity contribution in [1.82, 2.24) is 0 Å². The second-order valence-electron chi connectivity index (χ2n) is 6.38. The highest BCUT2D eigenvalue weighted by atomic mass is 127. The fourth-order valence-electron chi connectivity index (χ4n) is 2.63. The zero-order valence-electron chi connectivity index (χ0n) is 14.8. The highest BCUT2D eigenvalue weighted by Gasteiger charge is 2.16. The summed E-state index contributed by atoms with van der Waals surface area (Å²) < 4.78 is 6.96. The van der Waals surface area contributed by atoms with E-state index in [1.54, 1.807) is 6.92 Å². The van der Waals surface area contributed by atoms with Gasteiger partial charge in [-0.2, -0.15) is 0 Å². The lowest BCUT2D eigenvalue weighted by Gasteiger charge is -2.17. The number of carbonyl (C=O) groups excluding carboxylic acids is 1. The first kappa shape index (κ1) is 18.8. The molecule has 0 aliphatic carbocycles. The van der Waals surface area contributed by atoms with E-state index in [-0.39, 0.29) is 5.91 Å². The highest BCUT2D eigenvalue weighted by Crippen LogP contribution is 2.24. The van der Waals surface area contributed by atoms with Crippen LogP contribution in [0.15, 0.2) is 36.4 Å². The molecule has 0 spiro atoms. The van der Waals surface area contributed by atoms with E-state index >= 15 is 0 Å². The third kappa shape index (κ3) is 4.72. The Morgan fingerprint density at radius 2 is 1.75 bits per heavy atom. The van der Waals surface area contributed by atoms with Gasteiger partial charge in [-0.1, -0.05) is 19.9 Å². The molecule has 3 nitrogen and oxygen atoms in total. The quantitative estimate of drug-likeness (QED) is 0.633. The minimum atomic E-state index is -0.562. The maximum Gasteiger partial charge on any atom is 0.265 e. The summed E-state index contributed by atoms with van der Waals surface area (Å²) in [6.45, 7) is 10.2. The molecule has 128 valence electrons. The van der Waals surface area contributed by atoms with E-state index in [9.17, 15) is 4.79 Å². The predicted octanol–water partition coefficient (Wildman–Crippen LogP) is 5.44. The summed E-state index contributed by atoms with van der Waals surface area (Å²) in [5, 5.41) is 2.93. The van der Waals surface area contributed by atoms with Crippen molar-refractivity contribution in [3.8, 4) is 5.75 Å². The molecule has 1 N–H and O–H groups in total. The number of aryl methyl sites for hydroxylation is 2. The first-order valence-electron chi connectivity index (χ1n) is 8.12. The van der Waals surface area contributed by atoms with Crippen LogP contribution in [0, 0.1) is 17.4 Å². The van der Waals surface area contributed by atoms with Crippen molar-refractivity contribution in [2.75, 3.05) is 5.32 Å². The Balaban J connectivity index is 2.05. The Morgan fingerprint density at radius 1 is 1.04 bits per heavy atom. The number of carbonyl (C=O) groups is 1. The van der Waals surface area contributed by atoms with Gasteiger partial charge >= 0.3 is 0 Å². The van der Waals surface area contributed by atoms with Gasteiger partial charge in [0, 0.05) is 9.26 Å². The van der Waals surface area contributed by atoms with Crippen molar-refractivity contribution >= 4 is 34.2 Å². The fourth-order valence-corrected chi connectivity index (χ4v) is 3.28. The monoisotopic (exact) mass is 437 g/mol. The number of hydrogen-bond acceptors (Lipinski definition) is 2. The maximum absolute atomic E-state index is 12.4. The number of benzene rings is 2. The van der Waals surface area contributed by atoms with Crippen LogP contribution in [0.5, 0.6) is 5.75 Å². The van der Waals surface area contributed by atoms with Gasteiger partial charge in [-0.3, -0.25) is 4.79 Å². The molecule has 2 rings (SSSR count). The minimum Gasteiger partial charge on any atom is -0.481 e. The normalized spacial score (nSPS) is 12.1. The van der Waals surface area contributed by atoms with E-state index in [0.29, 0.717) is 5.92 Å². The molecule has 0 bridgehead atoms. The van der Waals surface area contributed by atoms with Gasteiger partial charge in [0.2, 0.25) is 0 Å². The average Bonchev–Trinajstić information content (AvgIpc) is 2.49. The predicted molar refractivity (Wildman–Crippen MR) is 108 cm³/mol. The Morgan fingerprint density at radius 3 is 2.33 bits per heavy atom. The molecule has 1 amide bonds. The maximum atomic E-state index is 12.4. The summed E-state index contributed by atoms with van der Waals surface area (Å²) in [5.41, 5.74) is 4.35. The van der Waals surface area contributed by atoms with Crippen LogP contribution in [0.3, 0.4) is 0 Å². The van der Waals surface area contributed by atoms with Crippen LogP contribution in [-0.4, -0.2) is 12.0 Å². The van der Waals surface area contributed by atoms with Crippen LogP contribution < -0.4 is 10.1 Å². The molecule has 2 aromatic rings. The Labute approximate surface area is 157 Å². The van der Waals surface area contributed by atoms with Crippen LogP contribution in [0.4, 0.5) is 5.69 Å². The lowest BCUT2D eigenvalue weighted by atomic mass is 9.98. The van der Waals surface area contributed by atoms with Crippen LogP contribution in [-0.2, 0) is 4.79 Å². The van der Waals surface area contributed by atoms with E-state index in [4.69, 9.17) is 4.74 Å². The van der Waals surface area contributed by atoms with E-state index in [2.05, 4.69) is 54.7 Å². The molecular formula is C20H24INO2. The summed E-state index contributed by atoms with van der Waals surface area (Å²) in [4.78, 5) is 12.4. The van der Waals surface area contributed by atoms with Crippen LogP contribution in [0.2, 0.25) is 0 Å². The van der Waals surface area contributed by atoms with Gasteiger partial charge in [-0.25, -0.2) is 0 Å². The van der Waals surface area contributed by atoms with Crippen LogP contribution in [0.25, 0.3) is 0 Å². The van der Waals surface area contributed by atoms with Crippen molar-refractivity contribution in [3.05, 3.63) is 56.7 Å². The molecule has 0 heterocycles. The third-order valence-corrected chi connectivity index (χ3v) is 4.66. The molecule has 0 aliphatic rings. The lowest BCUT2D eigenvalue weighted by molar-refractivity contribution is -0.122. The van der Waals surface area contributed by atoms with Crippen molar-refractivity contribution in [3.63, 3.8) is 0 Å². The molecular weight excluding hydrogens is 413 g/mol. The smallest absolute Gasteiger partial charge is 0.265 e. The van der Waals surface area contributed by atoms with Gasteiger partial charge in [-0.05, 0) is 96.3 Å². The van der Waals surface area contributed by atoms with Crippen molar-refractivity contribution in [1.29, 1.82) is 0 Å². The molecule has 1 unspecified atom stereocenters. The molecule has 0 radical (unpaired) electrons. The van der Waals surface area contributed by atoms with Gasteiger partial charge < -0.3 is 10.1 Å². The first-order valence-corrected chi connectivity index (χ1v) is 9.20. The molecule has 1 atom stereocenters.